The number of hydrogen-bond donors (Lipinski definition) is 1. The summed E-state index contributed by atoms with van der Waals surface area (Å²) in [6.07, 6.45) is 1.16. The number of hydrogen-bond acceptors (Lipinski definition) is 3. The average molecular weight is 305 g/mol. The fraction of sp³-hybridized carbons (Fsp3) is 0.529. The lowest BCUT2D eigenvalue weighted by Gasteiger charge is -2.23. The smallest absolute Gasteiger partial charge is 0.311 e. The van der Waals surface area contributed by atoms with E-state index in [1.807, 2.05) is 31.2 Å². The Morgan fingerprint density at radius 2 is 2.00 bits per heavy atom. The molecule has 5 heteroatoms. The summed E-state index contributed by atoms with van der Waals surface area (Å²) < 4.78 is 5.12. The highest BCUT2D eigenvalue weighted by atomic mass is 16.5. The summed E-state index contributed by atoms with van der Waals surface area (Å²) in [5.41, 5.74) is 0.261. The summed E-state index contributed by atoms with van der Waals surface area (Å²) in [5, 5.41) is 9.25. The van der Waals surface area contributed by atoms with E-state index < -0.39 is 11.4 Å². The summed E-state index contributed by atoms with van der Waals surface area (Å²) in [6, 6.07) is 7.66. The van der Waals surface area contributed by atoms with Crippen molar-refractivity contribution in [2.75, 3.05) is 20.2 Å². The average Bonchev–Trinajstić information content (AvgIpc) is 2.91. The standard InChI is InChI=1S/C17H23NO4/c1-12(10-13-4-6-14(22-3)7-5-13)15(19)18-9-8-17(2,11-18)16(20)21/h4-7,12H,8-11H2,1-3H3,(H,20,21)/t12-,17-/m0/s1. The van der Waals surface area contributed by atoms with Crippen LogP contribution in [-0.4, -0.2) is 42.1 Å². The maximum Gasteiger partial charge on any atom is 0.311 e. The number of carboxylic acids is 1. The number of carboxylic acid groups (broad SMARTS) is 1. The van der Waals surface area contributed by atoms with E-state index in [-0.39, 0.29) is 11.8 Å². The molecule has 1 aromatic carbocycles. The minimum atomic E-state index is -0.828. The Hall–Kier alpha value is -2.04. The van der Waals surface area contributed by atoms with Gasteiger partial charge in [-0.1, -0.05) is 19.1 Å². The van der Waals surface area contributed by atoms with Gasteiger partial charge in [-0.2, -0.15) is 0 Å². The van der Waals surface area contributed by atoms with Crippen LogP contribution >= 0.6 is 0 Å². The van der Waals surface area contributed by atoms with Crippen molar-refractivity contribution in [1.82, 2.24) is 4.90 Å². The SMILES string of the molecule is COc1ccc(C[C@H](C)C(=O)N2CC[C@](C)(C(=O)O)C2)cc1. The number of amides is 1. The summed E-state index contributed by atoms with van der Waals surface area (Å²) in [5.74, 6) is -0.171. The predicted octanol–water partition coefficient (Wildman–Crippen LogP) is 2.20. The van der Waals surface area contributed by atoms with Gasteiger partial charge in [0.05, 0.1) is 12.5 Å². The molecule has 2 atom stereocenters. The van der Waals surface area contributed by atoms with Crippen molar-refractivity contribution < 1.29 is 19.4 Å². The van der Waals surface area contributed by atoms with E-state index >= 15 is 0 Å². The lowest BCUT2D eigenvalue weighted by molar-refractivity contribution is -0.147. The van der Waals surface area contributed by atoms with Gasteiger partial charge in [0.25, 0.3) is 0 Å². The lowest BCUT2D eigenvalue weighted by Crippen LogP contribution is -2.37. The van der Waals surface area contributed by atoms with Crippen LogP contribution in [0.3, 0.4) is 0 Å². The number of benzene rings is 1. The molecule has 2 rings (SSSR count). The van der Waals surface area contributed by atoms with Gasteiger partial charge in [0, 0.05) is 19.0 Å². The van der Waals surface area contributed by atoms with Crippen molar-refractivity contribution in [2.45, 2.75) is 26.7 Å². The number of rotatable bonds is 5. The first-order chi connectivity index (χ1) is 10.4. The molecule has 1 aromatic rings. The second-order valence-corrected chi connectivity index (χ2v) is 6.33. The van der Waals surface area contributed by atoms with Crippen molar-refractivity contribution in [2.24, 2.45) is 11.3 Å². The normalized spacial score (nSPS) is 22.4. The zero-order valence-corrected chi connectivity index (χ0v) is 13.3. The third-order valence-corrected chi connectivity index (χ3v) is 4.42. The van der Waals surface area contributed by atoms with E-state index in [0.29, 0.717) is 25.9 Å². The van der Waals surface area contributed by atoms with Crippen LogP contribution in [0.15, 0.2) is 24.3 Å². The van der Waals surface area contributed by atoms with Crippen LogP contribution in [-0.2, 0) is 16.0 Å². The van der Waals surface area contributed by atoms with Gasteiger partial charge in [0.2, 0.25) is 5.91 Å². The molecule has 0 unspecified atom stereocenters. The fourth-order valence-corrected chi connectivity index (χ4v) is 2.84. The second kappa shape index (κ2) is 6.38. The number of carbonyl (C=O) groups excluding carboxylic acids is 1. The number of nitrogens with zero attached hydrogens (tertiary/aromatic N) is 1. The van der Waals surface area contributed by atoms with Crippen molar-refractivity contribution >= 4 is 11.9 Å². The Balaban J connectivity index is 1.96. The number of carbonyl (C=O) groups is 2. The van der Waals surface area contributed by atoms with E-state index in [1.54, 1.807) is 18.9 Å². The molecule has 0 radical (unpaired) electrons. The van der Waals surface area contributed by atoms with Gasteiger partial charge >= 0.3 is 5.97 Å². The molecule has 0 saturated carbocycles. The van der Waals surface area contributed by atoms with Crippen LogP contribution in [0.1, 0.15) is 25.8 Å². The van der Waals surface area contributed by atoms with Gasteiger partial charge in [0.15, 0.2) is 0 Å². The van der Waals surface area contributed by atoms with E-state index in [0.717, 1.165) is 11.3 Å². The van der Waals surface area contributed by atoms with Crippen LogP contribution in [0.5, 0.6) is 5.75 Å². The van der Waals surface area contributed by atoms with Gasteiger partial charge in [-0.25, -0.2) is 0 Å². The lowest BCUT2D eigenvalue weighted by atomic mass is 9.90. The quantitative estimate of drug-likeness (QED) is 0.905. The number of ether oxygens (including phenoxy) is 1. The maximum atomic E-state index is 12.5. The van der Waals surface area contributed by atoms with Crippen LogP contribution in [0.25, 0.3) is 0 Å². The van der Waals surface area contributed by atoms with E-state index in [2.05, 4.69) is 0 Å². The number of likely N-dealkylation sites (tertiary alicyclic amines) is 1. The molecular weight excluding hydrogens is 282 g/mol. The predicted molar refractivity (Wildman–Crippen MR) is 82.8 cm³/mol. The minimum absolute atomic E-state index is 0.0285. The molecule has 0 aliphatic carbocycles. The summed E-state index contributed by atoms with van der Waals surface area (Å²) in [6.45, 7) is 4.42. The van der Waals surface area contributed by atoms with Gasteiger partial charge < -0.3 is 14.7 Å². The molecule has 1 N–H and O–H groups in total. The first kappa shape index (κ1) is 16.3. The largest absolute Gasteiger partial charge is 0.497 e. The highest BCUT2D eigenvalue weighted by Crippen LogP contribution is 2.31. The first-order valence-electron chi connectivity index (χ1n) is 7.51. The van der Waals surface area contributed by atoms with E-state index in [9.17, 15) is 14.7 Å². The molecule has 120 valence electrons. The van der Waals surface area contributed by atoms with Crippen LogP contribution in [0.2, 0.25) is 0 Å². The third kappa shape index (κ3) is 3.40. The number of aliphatic carboxylic acids is 1. The Kier molecular flexibility index (Phi) is 4.74. The molecule has 5 nitrogen and oxygen atoms in total. The zero-order chi connectivity index (χ0) is 16.3. The second-order valence-electron chi connectivity index (χ2n) is 6.33. The van der Waals surface area contributed by atoms with Crippen LogP contribution in [0, 0.1) is 11.3 Å². The molecule has 1 amide bonds. The molecule has 1 fully saturated rings. The minimum Gasteiger partial charge on any atom is -0.497 e. The maximum absolute atomic E-state index is 12.5. The Bertz CT molecular complexity index is 554. The molecule has 1 saturated heterocycles. The summed E-state index contributed by atoms with van der Waals surface area (Å²) in [7, 11) is 1.62. The van der Waals surface area contributed by atoms with Gasteiger partial charge in [-0.15, -0.1) is 0 Å². The van der Waals surface area contributed by atoms with Gasteiger partial charge in [0.1, 0.15) is 5.75 Å². The van der Waals surface area contributed by atoms with Crippen LogP contribution in [0.4, 0.5) is 0 Å². The van der Waals surface area contributed by atoms with Crippen molar-refractivity contribution in [3.05, 3.63) is 29.8 Å². The van der Waals surface area contributed by atoms with E-state index in [1.165, 1.54) is 0 Å². The van der Waals surface area contributed by atoms with Gasteiger partial charge in [-0.3, -0.25) is 9.59 Å². The summed E-state index contributed by atoms with van der Waals surface area (Å²) in [4.78, 5) is 25.4. The molecule has 0 spiro atoms. The molecule has 1 aliphatic heterocycles. The van der Waals surface area contributed by atoms with Crippen molar-refractivity contribution in [3.63, 3.8) is 0 Å². The van der Waals surface area contributed by atoms with Gasteiger partial charge in [-0.05, 0) is 37.5 Å². The zero-order valence-electron chi connectivity index (χ0n) is 13.3. The Morgan fingerprint density at radius 3 is 2.50 bits per heavy atom. The molecular formula is C17H23NO4. The molecule has 0 aromatic heterocycles. The first-order valence-corrected chi connectivity index (χ1v) is 7.51. The molecule has 1 heterocycles. The van der Waals surface area contributed by atoms with E-state index in [4.69, 9.17) is 4.74 Å². The van der Waals surface area contributed by atoms with Crippen molar-refractivity contribution in [3.8, 4) is 5.75 Å². The highest BCUT2D eigenvalue weighted by Gasteiger charge is 2.42. The monoisotopic (exact) mass is 305 g/mol. The molecule has 1 aliphatic rings. The van der Waals surface area contributed by atoms with Crippen molar-refractivity contribution in [1.29, 1.82) is 0 Å². The molecule has 0 bridgehead atoms. The topological polar surface area (TPSA) is 66.8 Å². The van der Waals surface area contributed by atoms with Crippen LogP contribution < -0.4 is 4.74 Å². The number of methoxy groups -OCH3 is 1. The summed E-state index contributed by atoms with van der Waals surface area (Å²) >= 11 is 0. The Labute approximate surface area is 130 Å². The fourth-order valence-electron chi connectivity index (χ4n) is 2.84. The molecule has 22 heavy (non-hydrogen) atoms. The third-order valence-electron chi connectivity index (χ3n) is 4.42. The Morgan fingerprint density at radius 1 is 1.36 bits per heavy atom. The highest BCUT2D eigenvalue weighted by molar-refractivity contribution is 5.82.